The number of aliphatic hydroxyl groups excluding tert-OH is 1. The summed E-state index contributed by atoms with van der Waals surface area (Å²) in [6.07, 6.45) is 1.51. The second-order valence-corrected chi connectivity index (χ2v) is 6.07. The van der Waals surface area contributed by atoms with Gasteiger partial charge in [-0.1, -0.05) is 42.5 Å². The lowest BCUT2D eigenvalue weighted by Gasteiger charge is -2.20. The van der Waals surface area contributed by atoms with Gasteiger partial charge in [0.2, 0.25) is 0 Å². The van der Waals surface area contributed by atoms with Crippen LogP contribution < -0.4 is 5.32 Å². The summed E-state index contributed by atoms with van der Waals surface area (Å²) in [5.41, 5.74) is 2.86. The van der Waals surface area contributed by atoms with E-state index in [9.17, 15) is 9.90 Å². The summed E-state index contributed by atoms with van der Waals surface area (Å²) in [5.74, 6) is -0.0591. The standard InChI is InChI=1S/C20H26N2O2/c1-21-20(24)18-12-10-16(11-13-18)7-6-14-22(2)15-19(23)17-8-4-3-5-9-17/h3-5,8-13,19,23H,6-7,14-15H2,1-2H3,(H,21,24)/t19-/m1/s1. The van der Waals surface area contributed by atoms with Crippen LogP contribution in [0.4, 0.5) is 0 Å². The Balaban J connectivity index is 1.74. The Hall–Kier alpha value is -2.17. The van der Waals surface area contributed by atoms with Crippen molar-refractivity contribution in [2.75, 3.05) is 27.2 Å². The highest BCUT2D eigenvalue weighted by molar-refractivity contribution is 5.93. The van der Waals surface area contributed by atoms with E-state index in [1.165, 1.54) is 5.56 Å². The van der Waals surface area contributed by atoms with Crippen LogP contribution in [-0.2, 0) is 6.42 Å². The smallest absolute Gasteiger partial charge is 0.251 e. The number of carbonyl (C=O) groups is 1. The maximum Gasteiger partial charge on any atom is 0.251 e. The molecule has 0 fully saturated rings. The van der Waals surface area contributed by atoms with Crippen molar-refractivity contribution in [3.63, 3.8) is 0 Å². The van der Waals surface area contributed by atoms with Gasteiger partial charge in [-0.3, -0.25) is 4.79 Å². The summed E-state index contributed by atoms with van der Waals surface area (Å²) in [7, 11) is 3.66. The largest absolute Gasteiger partial charge is 0.387 e. The van der Waals surface area contributed by atoms with Gasteiger partial charge in [-0.25, -0.2) is 0 Å². The lowest BCUT2D eigenvalue weighted by molar-refractivity contribution is 0.0963. The third kappa shape index (κ3) is 5.48. The van der Waals surface area contributed by atoms with Crippen LogP contribution in [0.3, 0.4) is 0 Å². The number of aryl methyl sites for hydroxylation is 1. The van der Waals surface area contributed by atoms with Gasteiger partial charge in [-0.05, 0) is 49.7 Å². The van der Waals surface area contributed by atoms with E-state index >= 15 is 0 Å². The van der Waals surface area contributed by atoms with E-state index in [0.717, 1.165) is 24.9 Å². The van der Waals surface area contributed by atoms with E-state index in [1.54, 1.807) is 7.05 Å². The first-order chi connectivity index (χ1) is 11.6. The third-order valence-corrected chi connectivity index (χ3v) is 4.12. The van der Waals surface area contributed by atoms with E-state index < -0.39 is 6.10 Å². The zero-order chi connectivity index (χ0) is 17.4. The van der Waals surface area contributed by atoms with Gasteiger partial charge in [0, 0.05) is 19.2 Å². The van der Waals surface area contributed by atoms with Crippen LogP contribution in [-0.4, -0.2) is 43.1 Å². The van der Waals surface area contributed by atoms with Gasteiger partial charge in [-0.15, -0.1) is 0 Å². The number of nitrogens with zero attached hydrogens (tertiary/aromatic N) is 1. The number of nitrogens with one attached hydrogen (secondary N) is 1. The molecule has 0 aliphatic carbocycles. The molecule has 4 heteroatoms. The molecule has 1 amide bonds. The van der Waals surface area contributed by atoms with Crippen LogP contribution in [0.5, 0.6) is 0 Å². The molecular formula is C20H26N2O2. The lowest BCUT2D eigenvalue weighted by atomic mass is 10.1. The minimum atomic E-state index is -0.456. The maximum absolute atomic E-state index is 11.5. The van der Waals surface area contributed by atoms with Gasteiger partial charge in [0.25, 0.3) is 5.91 Å². The molecule has 2 aromatic carbocycles. The van der Waals surface area contributed by atoms with Crippen molar-refractivity contribution >= 4 is 5.91 Å². The van der Waals surface area contributed by atoms with Crippen LogP contribution in [0.25, 0.3) is 0 Å². The Morgan fingerprint density at radius 2 is 1.79 bits per heavy atom. The normalized spacial score (nSPS) is 12.2. The SMILES string of the molecule is CNC(=O)c1ccc(CCCN(C)C[C@@H](O)c2ccccc2)cc1. The van der Waals surface area contributed by atoms with Gasteiger partial charge < -0.3 is 15.3 Å². The molecule has 0 bridgehead atoms. The van der Waals surface area contributed by atoms with Crippen LogP contribution >= 0.6 is 0 Å². The number of benzene rings is 2. The monoisotopic (exact) mass is 326 g/mol. The Morgan fingerprint density at radius 1 is 1.12 bits per heavy atom. The van der Waals surface area contributed by atoms with Gasteiger partial charge >= 0.3 is 0 Å². The predicted molar refractivity (Wildman–Crippen MR) is 97.1 cm³/mol. The Bertz CT molecular complexity index is 626. The third-order valence-electron chi connectivity index (χ3n) is 4.12. The molecule has 0 aromatic heterocycles. The molecule has 2 aromatic rings. The molecule has 4 nitrogen and oxygen atoms in total. The van der Waals surface area contributed by atoms with Gasteiger partial charge in [0.05, 0.1) is 6.10 Å². The first kappa shape index (κ1) is 18.2. The zero-order valence-corrected chi connectivity index (χ0v) is 14.4. The molecule has 0 aliphatic rings. The van der Waals surface area contributed by atoms with Crippen molar-refractivity contribution in [3.8, 4) is 0 Å². The summed E-state index contributed by atoms with van der Waals surface area (Å²) < 4.78 is 0. The van der Waals surface area contributed by atoms with Crippen LogP contribution in [0.2, 0.25) is 0 Å². The summed E-state index contributed by atoms with van der Waals surface area (Å²) in [6.45, 7) is 1.54. The first-order valence-corrected chi connectivity index (χ1v) is 8.32. The Kier molecular flexibility index (Phi) is 6.97. The Labute approximate surface area is 144 Å². The number of amides is 1. The van der Waals surface area contributed by atoms with Crippen molar-refractivity contribution in [3.05, 3.63) is 71.3 Å². The van der Waals surface area contributed by atoms with E-state index in [4.69, 9.17) is 0 Å². The van der Waals surface area contributed by atoms with Gasteiger partial charge in [0.1, 0.15) is 0 Å². The molecule has 0 radical (unpaired) electrons. The molecule has 0 saturated carbocycles. The summed E-state index contributed by atoms with van der Waals surface area (Å²) in [5, 5.41) is 12.9. The average molecular weight is 326 g/mol. The van der Waals surface area contributed by atoms with Crippen LogP contribution in [0, 0.1) is 0 Å². The fourth-order valence-corrected chi connectivity index (χ4v) is 2.69. The summed E-state index contributed by atoms with van der Waals surface area (Å²) in [6, 6.07) is 17.5. The molecular weight excluding hydrogens is 300 g/mol. The molecule has 0 spiro atoms. The molecule has 0 unspecified atom stereocenters. The van der Waals surface area contributed by atoms with Gasteiger partial charge in [-0.2, -0.15) is 0 Å². The van der Waals surface area contributed by atoms with Crippen molar-refractivity contribution in [1.82, 2.24) is 10.2 Å². The lowest BCUT2D eigenvalue weighted by Crippen LogP contribution is -2.26. The molecule has 128 valence electrons. The minimum Gasteiger partial charge on any atom is -0.387 e. The van der Waals surface area contributed by atoms with Crippen molar-refractivity contribution in [1.29, 1.82) is 0 Å². The van der Waals surface area contributed by atoms with Crippen molar-refractivity contribution in [2.45, 2.75) is 18.9 Å². The number of likely N-dealkylation sites (N-methyl/N-ethyl adjacent to an activating group) is 1. The molecule has 24 heavy (non-hydrogen) atoms. The highest BCUT2D eigenvalue weighted by Gasteiger charge is 2.10. The number of rotatable bonds is 8. The predicted octanol–water partition coefficient (Wildman–Crippen LogP) is 2.64. The van der Waals surface area contributed by atoms with Crippen LogP contribution in [0.1, 0.15) is 34.0 Å². The van der Waals surface area contributed by atoms with E-state index in [2.05, 4.69) is 10.2 Å². The minimum absolute atomic E-state index is 0.0591. The summed E-state index contributed by atoms with van der Waals surface area (Å²) >= 11 is 0. The molecule has 1 atom stereocenters. The second-order valence-electron chi connectivity index (χ2n) is 6.07. The van der Waals surface area contributed by atoms with E-state index in [0.29, 0.717) is 12.1 Å². The first-order valence-electron chi connectivity index (χ1n) is 8.32. The average Bonchev–Trinajstić information content (AvgIpc) is 2.62. The molecule has 0 heterocycles. The summed E-state index contributed by atoms with van der Waals surface area (Å²) in [4.78, 5) is 13.7. The van der Waals surface area contributed by atoms with Gasteiger partial charge in [0.15, 0.2) is 0 Å². The maximum atomic E-state index is 11.5. The molecule has 2 N–H and O–H groups in total. The zero-order valence-electron chi connectivity index (χ0n) is 14.4. The van der Waals surface area contributed by atoms with Crippen molar-refractivity contribution < 1.29 is 9.90 Å². The number of carbonyl (C=O) groups excluding carboxylic acids is 1. The topological polar surface area (TPSA) is 52.6 Å². The van der Waals surface area contributed by atoms with Crippen LogP contribution in [0.15, 0.2) is 54.6 Å². The van der Waals surface area contributed by atoms with E-state index in [1.807, 2.05) is 61.6 Å². The molecule has 0 saturated heterocycles. The second kappa shape index (κ2) is 9.21. The fourth-order valence-electron chi connectivity index (χ4n) is 2.69. The molecule has 0 aliphatic heterocycles. The quantitative estimate of drug-likeness (QED) is 0.784. The fraction of sp³-hybridized carbons (Fsp3) is 0.350. The number of aliphatic hydroxyl groups is 1. The van der Waals surface area contributed by atoms with Crippen molar-refractivity contribution in [2.24, 2.45) is 0 Å². The highest BCUT2D eigenvalue weighted by atomic mass is 16.3. The highest BCUT2D eigenvalue weighted by Crippen LogP contribution is 2.13. The van der Waals surface area contributed by atoms with E-state index in [-0.39, 0.29) is 5.91 Å². The number of hydrogen-bond acceptors (Lipinski definition) is 3. The Morgan fingerprint density at radius 3 is 2.42 bits per heavy atom. The molecule has 2 rings (SSSR count). The number of hydrogen-bond donors (Lipinski definition) is 2.